The molecule has 86 valence electrons. The topological polar surface area (TPSA) is 86.1 Å². The maximum Gasteiger partial charge on any atom is 0.255 e. The van der Waals surface area contributed by atoms with Crippen molar-refractivity contribution in [1.82, 2.24) is 4.90 Å². The van der Waals surface area contributed by atoms with E-state index in [0.29, 0.717) is 0 Å². The highest BCUT2D eigenvalue weighted by molar-refractivity contribution is 5.80. The van der Waals surface area contributed by atoms with E-state index >= 15 is 0 Å². The zero-order valence-corrected chi connectivity index (χ0v) is 9.19. The van der Waals surface area contributed by atoms with Crippen LogP contribution in [-0.4, -0.2) is 44.1 Å². The molecule has 6 heteroatoms. The molecule has 0 aromatic rings. The summed E-state index contributed by atoms with van der Waals surface area (Å²) in [5, 5.41) is 0. The summed E-state index contributed by atoms with van der Waals surface area (Å²) in [6.45, 7) is 4.99. The fourth-order valence-electron chi connectivity index (χ4n) is 1.33. The molecular weight excluding hydrogens is 196 g/mol. The number of nitrogens with zero attached hydrogens (tertiary/aromatic N) is 2. The van der Waals surface area contributed by atoms with Crippen LogP contribution < -0.4 is 11.5 Å². The van der Waals surface area contributed by atoms with Crippen LogP contribution in [0.4, 0.5) is 0 Å². The molecule has 0 aromatic carbocycles. The van der Waals surface area contributed by atoms with Gasteiger partial charge in [-0.2, -0.15) is 4.99 Å². The van der Waals surface area contributed by atoms with Gasteiger partial charge in [-0.05, 0) is 6.92 Å². The van der Waals surface area contributed by atoms with Crippen LogP contribution in [0, 0.1) is 0 Å². The number of nitrogens with two attached hydrogens (primary N) is 2. The third-order valence-electron chi connectivity index (χ3n) is 2.17. The maximum atomic E-state index is 5.41. The minimum Gasteiger partial charge on any atom is -0.478 e. The molecule has 0 radical (unpaired) electrons. The van der Waals surface area contributed by atoms with Gasteiger partial charge in [0, 0.05) is 13.1 Å². The highest BCUT2D eigenvalue weighted by atomic mass is 16.5. The molecule has 0 saturated carbocycles. The maximum absolute atomic E-state index is 5.41. The largest absolute Gasteiger partial charge is 0.478 e. The summed E-state index contributed by atoms with van der Waals surface area (Å²) in [6, 6.07) is 0. The van der Waals surface area contributed by atoms with Gasteiger partial charge in [0.1, 0.15) is 5.84 Å². The first-order valence-electron chi connectivity index (χ1n) is 4.82. The van der Waals surface area contributed by atoms with Gasteiger partial charge in [0.25, 0.3) is 5.88 Å². The molecule has 1 heterocycles. The summed E-state index contributed by atoms with van der Waals surface area (Å²) in [6.07, 6.45) is 0. The first-order chi connectivity index (χ1) is 7.15. The second-order valence-electron chi connectivity index (χ2n) is 3.22. The lowest BCUT2D eigenvalue weighted by molar-refractivity contribution is 0.0676. The monoisotopic (exact) mass is 214 g/mol. The Hall–Kier alpha value is -1.43. The molecule has 0 spiro atoms. The Labute approximate surface area is 89.5 Å². The number of hydrogen-bond acceptors (Lipinski definition) is 5. The van der Waals surface area contributed by atoms with E-state index < -0.39 is 0 Å². The molecular formula is C9H18N4O2. The van der Waals surface area contributed by atoms with Crippen molar-refractivity contribution in [1.29, 1.82) is 0 Å². The van der Waals surface area contributed by atoms with Crippen LogP contribution in [0.1, 0.15) is 6.92 Å². The van der Waals surface area contributed by atoms with Crippen molar-refractivity contribution in [3.63, 3.8) is 0 Å². The Balaban J connectivity index is 2.68. The summed E-state index contributed by atoms with van der Waals surface area (Å²) in [5.41, 5.74) is 10.8. The summed E-state index contributed by atoms with van der Waals surface area (Å²) in [7, 11) is 1.49. The number of morpholine rings is 1. The zero-order chi connectivity index (χ0) is 11.3. The number of methoxy groups -OCH3 is 1. The van der Waals surface area contributed by atoms with Crippen LogP contribution in [0.5, 0.6) is 0 Å². The van der Waals surface area contributed by atoms with Gasteiger partial charge >= 0.3 is 0 Å². The van der Waals surface area contributed by atoms with E-state index in [2.05, 4.69) is 9.89 Å². The molecule has 4 N–H and O–H groups in total. The quantitative estimate of drug-likeness (QED) is 0.365. The van der Waals surface area contributed by atoms with Crippen molar-refractivity contribution in [2.45, 2.75) is 6.92 Å². The van der Waals surface area contributed by atoms with Crippen molar-refractivity contribution in [3.05, 3.63) is 11.7 Å². The number of aliphatic imine (C=N–C) groups is 1. The molecule has 0 bridgehead atoms. The predicted molar refractivity (Wildman–Crippen MR) is 57.9 cm³/mol. The number of hydrogen-bond donors (Lipinski definition) is 2. The van der Waals surface area contributed by atoms with E-state index in [1.165, 1.54) is 7.11 Å². The van der Waals surface area contributed by atoms with Gasteiger partial charge in [-0.15, -0.1) is 0 Å². The molecule has 0 unspecified atom stereocenters. The van der Waals surface area contributed by atoms with Crippen molar-refractivity contribution in [2.75, 3.05) is 33.4 Å². The van der Waals surface area contributed by atoms with E-state index in [0.717, 1.165) is 32.1 Å². The van der Waals surface area contributed by atoms with E-state index in [-0.39, 0.29) is 11.7 Å². The molecule has 1 aliphatic heterocycles. The Bertz CT molecular complexity index is 265. The standard InChI is InChI=1S/C9H18N4O2/c1-7(12-9(14-2)8(10)11)13-3-5-15-6-4-13/h3-6,10-11H2,1-2H3/b12-7+. The molecule has 1 saturated heterocycles. The summed E-state index contributed by atoms with van der Waals surface area (Å²) in [5.74, 6) is 1.19. The average molecular weight is 214 g/mol. The van der Waals surface area contributed by atoms with E-state index in [9.17, 15) is 0 Å². The first-order valence-corrected chi connectivity index (χ1v) is 4.82. The number of ether oxygens (including phenoxy) is 2. The Morgan fingerprint density at radius 1 is 1.33 bits per heavy atom. The van der Waals surface area contributed by atoms with E-state index in [1.807, 2.05) is 6.92 Å². The third kappa shape index (κ3) is 3.32. The fraction of sp³-hybridized carbons (Fsp3) is 0.667. The molecule has 1 fully saturated rings. The van der Waals surface area contributed by atoms with E-state index in [4.69, 9.17) is 20.9 Å². The van der Waals surface area contributed by atoms with Crippen LogP contribution >= 0.6 is 0 Å². The van der Waals surface area contributed by atoms with Crippen LogP contribution in [0.15, 0.2) is 16.7 Å². The van der Waals surface area contributed by atoms with Crippen LogP contribution in [0.2, 0.25) is 0 Å². The molecule has 1 aliphatic rings. The van der Waals surface area contributed by atoms with Crippen molar-refractivity contribution < 1.29 is 9.47 Å². The molecule has 15 heavy (non-hydrogen) atoms. The van der Waals surface area contributed by atoms with Gasteiger partial charge in [0.2, 0.25) is 0 Å². The summed E-state index contributed by atoms with van der Waals surface area (Å²) in [4.78, 5) is 6.32. The smallest absolute Gasteiger partial charge is 0.255 e. The SMILES string of the molecule is COC(/N=C(\C)N1CCOCC1)=C(N)N. The van der Waals surface area contributed by atoms with Gasteiger partial charge in [-0.3, -0.25) is 0 Å². The minimum absolute atomic E-state index is 0.0881. The lowest BCUT2D eigenvalue weighted by Crippen LogP contribution is -2.39. The Morgan fingerprint density at radius 3 is 2.40 bits per heavy atom. The number of amidine groups is 1. The van der Waals surface area contributed by atoms with Gasteiger partial charge < -0.3 is 25.8 Å². The second kappa shape index (κ2) is 5.45. The second-order valence-corrected chi connectivity index (χ2v) is 3.22. The van der Waals surface area contributed by atoms with Crippen LogP contribution in [0.3, 0.4) is 0 Å². The van der Waals surface area contributed by atoms with Gasteiger partial charge in [-0.1, -0.05) is 0 Å². The normalized spacial score (nSPS) is 17.5. The Morgan fingerprint density at radius 2 is 1.93 bits per heavy atom. The third-order valence-corrected chi connectivity index (χ3v) is 2.17. The predicted octanol–water partition coefficient (Wildman–Crippen LogP) is -0.573. The van der Waals surface area contributed by atoms with Crippen LogP contribution in [0.25, 0.3) is 0 Å². The number of rotatable bonds is 2. The molecule has 1 rings (SSSR count). The fourth-order valence-corrected chi connectivity index (χ4v) is 1.33. The van der Waals surface area contributed by atoms with Gasteiger partial charge in [0.05, 0.1) is 20.3 Å². The highest BCUT2D eigenvalue weighted by Crippen LogP contribution is 2.04. The molecule has 0 aromatic heterocycles. The average Bonchev–Trinajstić information content (AvgIpc) is 2.26. The molecule has 6 nitrogen and oxygen atoms in total. The highest BCUT2D eigenvalue weighted by Gasteiger charge is 2.12. The van der Waals surface area contributed by atoms with Gasteiger partial charge in [0.15, 0.2) is 5.82 Å². The summed E-state index contributed by atoms with van der Waals surface area (Å²) >= 11 is 0. The van der Waals surface area contributed by atoms with Crippen molar-refractivity contribution in [2.24, 2.45) is 16.5 Å². The molecule has 0 aliphatic carbocycles. The zero-order valence-electron chi connectivity index (χ0n) is 9.19. The van der Waals surface area contributed by atoms with E-state index in [1.54, 1.807) is 0 Å². The lowest BCUT2D eigenvalue weighted by Gasteiger charge is -2.28. The molecule has 0 atom stereocenters. The Kier molecular flexibility index (Phi) is 4.23. The first kappa shape index (κ1) is 11.6. The summed E-state index contributed by atoms with van der Waals surface area (Å²) < 4.78 is 10.2. The molecule has 0 amide bonds. The van der Waals surface area contributed by atoms with Crippen molar-refractivity contribution in [3.8, 4) is 0 Å². The van der Waals surface area contributed by atoms with Crippen LogP contribution in [-0.2, 0) is 9.47 Å². The minimum atomic E-state index is 0.0881. The lowest BCUT2D eigenvalue weighted by atomic mass is 10.4. The van der Waals surface area contributed by atoms with Gasteiger partial charge in [-0.25, -0.2) is 0 Å². The van der Waals surface area contributed by atoms with Crippen molar-refractivity contribution >= 4 is 5.84 Å².